The average Bonchev–Trinajstić information content (AvgIpc) is 2.83. The van der Waals surface area contributed by atoms with Crippen molar-refractivity contribution in [1.29, 1.82) is 0 Å². The van der Waals surface area contributed by atoms with Crippen LogP contribution in [-0.2, 0) is 23.9 Å². The Balaban J connectivity index is 1.72. The minimum Gasteiger partial charge on any atom is -0.469 e. The van der Waals surface area contributed by atoms with E-state index in [0.717, 1.165) is 24.8 Å². The molecular formula is C32H43FO5. The molecule has 0 aromatic rings. The highest BCUT2D eigenvalue weighted by Crippen LogP contribution is 2.75. The van der Waals surface area contributed by atoms with Crippen LogP contribution >= 0.6 is 0 Å². The molecule has 0 unspecified atom stereocenters. The Morgan fingerprint density at radius 1 is 0.974 bits per heavy atom. The summed E-state index contributed by atoms with van der Waals surface area (Å²) in [6.07, 6.45) is 7.13. The molecule has 0 saturated heterocycles. The fraction of sp³-hybridized carbons (Fsp3) is 0.750. The van der Waals surface area contributed by atoms with Gasteiger partial charge in [-0.1, -0.05) is 48.5 Å². The molecule has 4 saturated carbocycles. The van der Waals surface area contributed by atoms with Crippen molar-refractivity contribution in [2.45, 2.75) is 93.4 Å². The summed E-state index contributed by atoms with van der Waals surface area (Å²) in [7, 11) is 1.44. The Hall–Kier alpha value is -2.11. The van der Waals surface area contributed by atoms with Crippen molar-refractivity contribution in [3.05, 3.63) is 23.6 Å². The number of fused-ring (bicyclic) bond motifs is 7. The first-order chi connectivity index (χ1) is 17.5. The van der Waals surface area contributed by atoms with Gasteiger partial charge in [0.15, 0.2) is 5.78 Å². The molecule has 0 radical (unpaired) electrons. The van der Waals surface area contributed by atoms with Crippen LogP contribution in [0.3, 0.4) is 0 Å². The van der Waals surface area contributed by atoms with Gasteiger partial charge in [-0.05, 0) is 84.7 Å². The van der Waals surface area contributed by atoms with Gasteiger partial charge in [0.1, 0.15) is 0 Å². The molecule has 5 nitrogen and oxygen atoms in total. The highest BCUT2D eigenvalue weighted by Gasteiger charge is 2.72. The summed E-state index contributed by atoms with van der Waals surface area (Å²) in [6, 6.07) is 0. The third kappa shape index (κ3) is 3.04. The fourth-order valence-electron chi connectivity index (χ4n) is 10.3. The fourth-order valence-corrected chi connectivity index (χ4v) is 10.3. The molecule has 7 atom stereocenters. The predicted molar refractivity (Wildman–Crippen MR) is 141 cm³/mol. The van der Waals surface area contributed by atoms with Gasteiger partial charge in [0, 0.05) is 22.3 Å². The summed E-state index contributed by atoms with van der Waals surface area (Å²) in [6.45, 7) is 14.3. The lowest BCUT2D eigenvalue weighted by Gasteiger charge is -2.69. The van der Waals surface area contributed by atoms with E-state index in [1.165, 1.54) is 7.11 Å². The van der Waals surface area contributed by atoms with Crippen LogP contribution < -0.4 is 0 Å². The van der Waals surface area contributed by atoms with Gasteiger partial charge in [-0.3, -0.25) is 19.2 Å². The molecule has 0 spiro atoms. The molecule has 0 aromatic heterocycles. The lowest BCUT2D eigenvalue weighted by atomic mass is 9.33. The van der Waals surface area contributed by atoms with Crippen molar-refractivity contribution >= 4 is 23.3 Å². The molecule has 5 aliphatic carbocycles. The number of allylic oxidation sites excluding steroid dienone is 3. The number of ketones is 3. The van der Waals surface area contributed by atoms with Gasteiger partial charge in [0.2, 0.25) is 11.6 Å². The van der Waals surface area contributed by atoms with E-state index in [9.17, 15) is 23.6 Å². The monoisotopic (exact) mass is 526 g/mol. The Bertz CT molecular complexity index is 1210. The molecule has 0 N–H and O–H groups in total. The summed E-state index contributed by atoms with van der Waals surface area (Å²) in [5.41, 5.74) is -2.98. The van der Waals surface area contributed by atoms with Gasteiger partial charge in [-0.25, -0.2) is 4.39 Å². The number of methoxy groups -OCH3 is 1. The number of halogens is 1. The number of Topliss-reactive ketones (excluding diaryl/α,β-unsaturated/α-hetero) is 2. The van der Waals surface area contributed by atoms with Crippen molar-refractivity contribution < 1.29 is 28.3 Å². The number of esters is 1. The van der Waals surface area contributed by atoms with Crippen LogP contribution in [0, 0.1) is 50.2 Å². The van der Waals surface area contributed by atoms with E-state index in [0.29, 0.717) is 32.0 Å². The average molecular weight is 527 g/mol. The quantitative estimate of drug-likeness (QED) is 0.226. The van der Waals surface area contributed by atoms with Crippen LogP contribution in [0.4, 0.5) is 4.39 Å². The van der Waals surface area contributed by atoms with Crippen molar-refractivity contribution in [3.8, 4) is 0 Å². The van der Waals surface area contributed by atoms with E-state index in [4.69, 9.17) is 4.74 Å². The molecule has 208 valence electrons. The largest absolute Gasteiger partial charge is 0.469 e. The van der Waals surface area contributed by atoms with Crippen LogP contribution in [0.2, 0.25) is 0 Å². The Morgan fingerprint density at radius 3 is 2.21 bits per heavy atom. The van der Waals surface area contributed by atoms with E-state index in [-0.39, 0.29) is 40.5 Å². The van der Waals surface area contributed by atoms with Gasteiger partial charge in [-0.2, -0.15) is 0 Å². The molecule has 5 aliphatic rings. The van der Waals surface area contributed by atoms with Crippen molar-refractivity contribution in [3.63, 3.8) is 0 Å². The van der Waals surface area contributed by atoms with Crippen molar-refractivity contribution in [2.75, 3.05) is 7.11 Å². The molecule has 6 heteroatoms. The molecule has 0 bridgehead atoms. The maximum atomic E-state index is 14.6. The molecular weight excluding hydrogens is 483 g/mol. The number of hydrogen-bond acceptors (Lipinski definition) is 5. The first-order valence-corrected chi connectivity index (χ1v) is 14.2. The first kappa shape index (κ1) is 27.5. The predicted octanol–water partition coefficient (Wildman–Crippen LogP) is 6.35. The number of rotatable bonds is 1. The van der Waals surface area contributed by atoms with E-state index >= 15 is 0 Å². The molecule has 4 fully saturated rings. The molecule has 0 amide bonds. The third-order valence-corrected chi connectivity index (χ3v) is 12.7. The van der Waals surface area contributed by atoms with Gasteiger partial charge in [0.05, 0.1) is 18.9 Å². The summed E-state index contributed by atoms with van der Waals surface area (Å²) < 4.78 is 19.9. The van der Waals surface area contributed by atoms with E-state index < -0.39 is 38.6 Å². The molecule has 0 aliphatic heterocycles. The van der Waals surface area contributed by atoms with Crippen LogP contribution in [0.5, 0.6) is 0 Å². The zero-order chi connectivity index (χ0) is 28.3. The van der Waals surface area contributed by atoms with Crippen molar-refractivity contribution in [2.24, 2.45) is 50.2 Å². The van der Waals surface area contributed by atoms with Crippen LogP contribution in [0.25, 0.3) is 0 Å². The lowest BCUT2D eigenvalue weighted by Crippen LogP contribution is -2.67. The van der Waals surface area contributed by atoms with Gasteiger partial charge in [0.25, 0.3) is 0 Å². The Morgan fingerprint density at radius 2 is 1.61 bits per heavy atom. The second-order valence-electron chi connectivity index (χ2n) is 15.0. The van der Waals surface area contributed by atoms with Gasteiger partial charge in [-0.15, -0.1) is 0 Å². The zero-order valence-corrected chi connectivity index (χ0v) is 24.3. The highest BCUT2D eigenvalue weighted by atomic mass is 19.1. The summed E-state index contributed by atoms with van der Waals surface area (Å²) >= 11 is 0. The molecule has 5 rings (SSSR count). The second-order valence-corrected chi connectivity index (χ2v) is 15.0. The van der Waals surface area contributed by atoms with E-state index in [1.807, 2.05) is 6.92 Å². The first-order valence-electron chi connectivity index (χ1n) is 14.2. The van der Waals surface area contributed by atoms with E-state index in [2.05, 4.69) is 27.7 Å². The van der Waals surface area contributed by atoms with Gasteiger partial charge < -0.3 is 4.74 Å². The van der Waals surface area contributed by atoms with Crippen LogP contribution in [0.15, 0.2) is 23.6 Å². The zero-order valence-electron chi connectivity index (χ0n) is 24.3. The molecule has 0 heterocycles. The summed E-state index contributed by atoms with van der Waals surface area (Å²) in [5.74, 6) is -2.36. The van der Waals surface area contributed by atoms with E-state index in [1.54, 1.807) is 19.9 Å². The topological polar surface area (TPSA) is 77.5 Å². The highest BCUT2D eigenvalue weighted by molar-refractivity contribution is 6.46. The normalized spacial score (nSPS) is 46.3. The Labute approximate surface area is 226 Å². The maximum absolute atomic E-state index is 14.6. The smallest absolute Gasteiger partial charge is 0.312 e. The summed E-state index contributed by atoms with van der Waals surface area (Å²) in [5, 5.41) is 0. The van der Waals surface area contributed by atoms with Crippen LogP contribution in [-0.4, -0.2) is 30.4 Å². The SMILES string of the molecule is COC(=O)[C@]12CCC(C)(C)C[C@H]1[C@H]1C(=O)C=C3[C@@]4(C)/C(=C/F)C(=O)C(=O)C(C)(C)[C@@H]4CC[C@@]3(C)[C@]1(C)CC2. The van der Waals surface area contributed by atoms with Gasteiger partial charge >= 0.3 is 5.97 Å². The number of carbonyl (C=O) groups is 4. The minimum atomic E-state index is -1.05. The molecule has 0 aromatic carbocycles. The Kier molecular flexibility index (Phi) is 5.76. The number of ether oxygens (including phenoxy) is 1. The third-order valence-electron chi connectivity index (χ3n) is 12.7. The number of carbonyl (C=O) groups excluding carboxylic acids is 4. The lowest BCUT2D eigenvalue weighted by molar-refractivity contribution is -0.191. The van der Waals surface area contributed by atoms with Crippen LogP contribution in [0.1, 0.15) is 93.4 Å². The maximum Gasteiger partial charge on any atom is 0.312 e. The van der Waals surface area contributed by atoms with Crippen molar-refractivity contribution in [1.82, 2.24) is 0 Å². The minimum absolute atomic E-state index is 0.000434. The number of hydrogen-bond donors (Lipinski definition) is 0. The standard InChI is InChI=1S/C32H43FO5/c1-27(2)11-13-32(26(37)38-8)14-12-30(6)23(18(32)16-27)20(34)15-22-29(30,5)10-9-21-28(3,4)25(36)24(35)19(17-33)31(21,22)7/h15,17-18,21,23H,9-14,16H2,1-8H3/b19-17+/t18-,21-,23-,29+,30+,31-,32-/m0/s1. The second kappa shape index (κ2) is 7.97. The molecule has 38 heavy (non-hydrogen) atoms. The summed E-state index contributed by atoms with van der Waals surface area (Å²) in [4.78, 5) is 54.1.